The molecule has 0 spiro atoms. The van der Waals surface area contributed by atoms with Crippen LogP contribution in [-0.2, 0) is 6.54 Å². The molecule has 1 radical (unpaired) electrons. The highest BCUT2D eigenvalue weighted by molar-refractivity contribution is 6.01. The molecule has 5 N–H and O–H groups in total. The van der Waals surface area contributed by atoms with E-state index in [-0.39, 0.29) is 0 Å². The Kier molecular flexibility index (Phi) is 3.64. The van der Waals surface area contributed by atoms with Gasteiger partial charge in [-0.2, -0.15) is 0 Å². The Bertz CT molecular complexity index is 588. The summed E-state index contributed by atoms with van der Waals surface area (Å²) < 4.78 is 2.06. The van der Waals surface area contributed by atoms with E-state index in [2.05, 4.69) is 37.4 Å². The first-order valence-electron chi connectivity index (χ1n) is 6.20. The van der Waals surface area contributed by atoms with E-state index in [1.165, 1.54) is 0 Å². The minimum atomic E-state index is 0.415. The minimum absolute atomic E-state index is 0.415. The molecule has 0 aliphatic carbocycles. The summed E-state index contributed by atoms with van der Waals surface area (Å²) in [5.41, 5.74) is 8.51. The van der Waals surface area contributed by atoms with Crippen LogP contribution in [0.2, 0.25) is 0 Å². The third-order valence-electron chi connectivity index (χ3n) is 3.01. The molecule has 0 unspecified atom stereocenters. The number of aromatic nitrogens is 3. The molecule has 0 aliphatic heterocycles. The number of nitrogens with zero attached hydrogens (tertiary/aromatic N) is 3. The van der Waals surface area contributed by atoms with Gasteiger partial charge in [0.1, 0.15) is 16.7 Å². The molecule has 2 aromatic heterocycles. The van der Waals surface area contributed by atoms with Gasteiger partial charge in [-0.25, -0.2) is 9.97 Å². The van der Waals surface area contributed by atoms with Crippen LogP contribution >= 0.6 is 0 Å². The summed E-state index contributed by atoms with van der Waals surface area (Å²) in [6.45, 7) is 4.66. The first-order chi connectivity index (χ1) is 9.17. The molecular formula is C12H20N7. The summed E-state index contributed by atoms with van der Waals surface area (Å²) in [6, 6.07) is 0. The zero-order valence-electron chi connectivity index (χ0n) is 11.5. The van der Waals surface area contributed by atoms with E-state index in [1.807, 2.05) is 21.1 Å². The van der Waals surface area contributed by atoms with Crippen LogP contribution in [0.1, 0.15) is 6.42 Å². The summed E-state index contributed by atoms with van der Waals surface area (Å²) >= 11 is 0. The molecule has 19 heavy (non-hydrogen) atoms. The molecule has 0 fully saturated rings. The van der Waals surface area contributed by atoms with Crippen LogP contribution in [0.5, 0.6) is 0 Å². The van der Waals surface area contributed by atoms with Gasteiger partial charge in [-0.05, 0) is 6.42 Å². The highest BCUT2D eigenvalue weighted by Crippen LogP contribution is 2.34. The number of nitrogens with one attached hydrogen (secondary N) is 3. The zero-order chi connectivity index (χ0) is 14.0. The number of pyridine rings is 1. The number of hydrogen-bond donors (Lipinski definition) is 4. The summed E-state index contributed by atoms with van der Waals surface area (Å²) in [5.74, 6) is 1.88. The van der Waals surface area contributed by atoms with Crippen molar-refractivity contribution < 1.29 is 0 Å². The lowest BCUT2D eigenvalue weighted by atomic mass is 10.3. The molecule has 0 saturated heterocycles. The summed E-state index contributed by atoms with van der Waals surface area (Å²) in [7, 11) is 5.51. The molecule has 0 amide bonds. The van der Waals surface area contributed by atoms with E-state index in [1.54, 1.807) is 0 Å². The Morgan fingerprint density at radius 1 is 1.16 bits per heavy atom. The van der Waals surface area contributed by atoms with Crippen molar-refractivity contribution in [2.75, 3.05) is 42.8 Å². The molecule has 2 heterocycles. The van der Waals surface area contributed by atoms with Gasteiger partial charge >= 0.3 is 0 Å². The topological polar surface area (TPSA) is 92.8 Å². The molecule has 0 aromatic carbocycles. The Morgan fingerprint density at radius 3 is 2.42 bits per heavy atom. The fourth-order valence-electron chi connectivity index (χ4n) is 2.21. The number of rotatable bonds is 5. The van der Waals surface area contributed by atoms with E-state index < -0.39 is 0 Å². The number of aryl methyl sites for hydroxylation is 1. The predicted octanol–water partition coefficient (Wildman–Crippen LogP) is 1.36. The highest BCUT2D eigenvalue weighted by atomic mass is 15.2. The van der Waals surface area contributed by atoms with Crippen LogP contribution < -0.4 is 21.7 Å². The van der Waals surface area contributed by atoms with Gasteiger partial charge in [-0.3, -0.25) is 0 Å². The first kappa shape index (κ1) is 13.3. The van der Waals surface area contributed by atoms with Gasteiger partial charge in [-0.1, -0.05) is 6.92 Å². The highest BCUT2D eigenvalue weighted by Gasteiger charge is 2.19. The lowest BCUT2D eigenvalue weighted by Crippen LogP contribution is -2.07. The number of hydrogen-bond acceptors (Lipinski definition) is 6. The van der Waals surface area contributed by atoms with Crippen molar-refractivity contribution in [2.24, 2.45) is 0 Å². The number of anilines is 4. The molecule has 103 valence electrons. The summed E-state index contributed by atoms with van der Waals surface area (Å²) in [4.78, 5) is 8.83. The number of nitrogens with two attached hydrogens (primary N) is 1. The molecule has 7 nitrogen and oxygen atoms in total. The fourth-order valence-corrected chi connectivity index (χ4v) is 2.21. The van der Waals surface area contributed by atoms with E-state index in [9.17, 15) is 0 Å². The SMILES string of the molecule is [CH2]CCn1c(NC)nc2c(N)nc(NC)c(NC)c21. The maximum absolute atomic E-state index is 5.99. The van der Waals surface area contributed by atoms with Gasteiger partial charge in [0.15, 0.2) is 11.6 Å². The average Bonchev–Trinajstić information content (AvgIpc) is 2.78. The molecular weight excluding hydrogens is 242 g/mol. The minimum Gasteiger partial charge on any atom is -0.383 e. The van der Waals surface area contributed by atoms with Gasteiger partial charge in [-0.15, -0.1) is 0 Å². The van der Waals surface area contributed by atoms with Crippen molar-refractivity contribution in [1.29, 1.82) is 0 Å². The van der Waals surface area contributed by atoms with Crippen LogP contribution in [0.3, 0.4) is 0 Å². The van der Waals surface area contributed by atoms with Gasteiger partial charge in [0.25, 0.3) is 0 Å². The van der Waals surface area contributed by atoms with Crippen LogP contribution in [-0.4, -0.2) is 35.7 Å². The zero-order valence-corrected chi connectivity index (χ0v) is 11.5. The normalized spacial score (nSPS) is 10.7. The van der Waals surface area contributed by atoms with E-state index >= 15 is 0 Å². The van der Waals surface area contributed by atoms with E-state index in [4.69, 9.17) is 5.73 Å². The Labute approximate surface area is 112 Å². The summed E-state index contributed by atoms with van der Waals surface area (Å²) in [6.07, 6.45) is 0.764. The third kappa shape index (κ3) is 2.00. The van der Waals surface area contributed by atoms with Gasteiger partial charge in [0.2, 0.25) is 5.95 Å². The Balaban J connectivity index is 2.85. The van der Waals surface area contributed by atoms with Crippen LogP contribution in [0, 0.1) is 6.92 Å². The molecule has 0 atom stereocenters. The van der Waals surface area contributed by atoms with Crippen molar-refractivity contribution in [3.05, 3.63) is 6.92 Å². The second-order valence-electron chi connectivity index (χ2n) is 4.11. The quantitative estimate of drug-likeness (QED) is 0.650. The largest absolute Gasteiger partial charge is 0.383 e. The maximum atomic E-state index is 5.99. The number of nitrogen functional groups attached to an aromatic ring is 1. The van der Waals surface area contributed by atoms with Gasteiger partial charge in [0.05, 0.1) is 0 Å². The second-order valence-corrected chi connectivity index (χ2v) is 4.11. The standard InChI is InChI=1S/C12H20N7/c1-5-6-19-9-7(17-12(19)16-4)10(13)18-11(15-3)8(9)14-2/h14H,1,5-6H2,2-4H3,(H,16,17)(H3,13,15,18). The van der Waals surface area contributed by atoms with Crippen LogP contribution in [0.25, 0.3) is 11.0 Å². The molecule has 2 rings (SSSR count). The van der Waals surface area contributed by atoms with Crippen molar-refractivity contribution >= 4 is 34.3 Å². The predicted molar refractivity (Wildman–Crippen MR) is 80.6 cm³/mol. The smallest absolute Gasteiger partial charge is 0.203 e. The van der Waals surface area contributed by atoms with Gasteiger partial charge in [0, 0.05) is 27.7 Å². The average molecular weight is 262 g/mol. The molecule has 0 aliphatic rings. The van der Waals surface area contributed by atoms with Crippen LogP contribution in [0.4, 0.5) is 23.3 Å². The van der Waals surface area contributed by atoms with Gasteiger partial charge < -0.3 is 26.3 Å². The number of imidazole rings is 1. The number of fused-ring (bicyclic) bond motifs is 1. The van der Waals surface area contributed by atoms with Crippen LogP contribution in [0.15, 0.2) is 0 Å². The molecule has 0 saturated carbocycles. The van der Waals surface area contributed by atoms with Crippen molar-refractivity contribution in [1.82, 2.24) is 14.5 Å². The fraction of sp³-hybridized carbons (Fsp3) is 0.417. The lowest BCUT2D eigenvalue weighted by molar-refractivity contribution is 0.736. The van der Waals surface area contributed by atoms with Crippen molar-refractivity contribution in [3.63, 3.8) is 0 Å². The monoisotopic (exact) mass is 262 g/mol. The molecule has 0 bridgehead atoms. The third-order valence-corrected chi connectivity index (χ3v) is 3.01. The maximum Gasteiger partial charge on any atom is 0.203 e. The Morgan fingerprint density at radius 2 is 1.89 bits per heavy atom. The van der Waals surface area contributed by atoms with Crippen molar-refractivity contribution in [3.8, 4) is 0 Å². The first-order valence-corrected chi connectivity index (χ1v) is 6.20. The molecule has 2 aromatic rings. The molecule has 7 heteroatoms. The summed E-state index contributed by atoms with van der Waals surface area (Å²) in [5, 5.41) is 9.29. The van der Waals surface area contributed by atoms with E-state index in [0.717, 1.165) is 30.1 Å². The lowest BCUT2D eigenvalue weighted by Gasteiger charge is -2.13. The second kappa shape index (κ2) is 5.21. The van der Waals surface area contributed by atoms with E-state index in [0.29, 0.717) is 17.2 Å². The van der Waals surface area contributed by atoms with Crippen molar-refractivity contribution in [2.45, 2.75) is 13.0 Å². The Hall–Kier alpha value is -2.18.